The molecule has 0 bridgehead atoms. The zero-order valence-corrected chi connectivity index (χ0v) is 10.2. The third-order valence-corrected chi connectivity index (χ3v) is 2.16. The van der Waals surface area contributed by atoms with Gasteiger partial charge in [0.15, 0.2) is 0 Å². The highest BCUT2D eigenvalue weighted by Crippen LogP contribution is 2.11. The number of ether oxygens (including phenoxy) is 1. The number of carbonyl (C=O) groups excluding carboxylic acids is 1. The van der Waals surface area contributed by atoms with Crippen molar-refractivity contribution in [2.24, 2.45) is 0 Å². The van der Waals surface area contributed by atoms with Gasteiger partial charge in [0.25, 0.3) is 0 Å². The van der Waals surface area contributed by atoms with Crippen molar-refractivity contribution in [1.82, 2.24) is 10.6 Å². The monoisotopic (exact) mass is 234 g/mol. The highest BCUT2D eigenvalue weighted by molar-refractivity contribution is 5.74. The van der Waals surface area contributed by atoms with E-state index in [1.165, 1.54) is 0 Å². The third-order valence-electron chi connectivity index (χ3n) is 2.16. The zero-order valence-electron chi connectivity index (χ0n) is 10.2. The first-order valence-corrected chi connectivity index (χ1v) is 5.58. The summed E-state index contributed by atoms with van der Waals surface area (Å²) in [5.41, 5.74) is 0.999. The fraction of sp³-hybridized carbons (Fsp3) is 0.308. The van der Waals surface area contributed by atoms with E-state index in [2.05, 4.69) is 10.6 Å². The highest BCUT2D eigenvalue weighted by Gasteiger charge is 1.99. The van der Waals surface area contributed by atoms with Crippen molar-refractivity contribution in [3.8, 4) is 5.75 Å². The second kappa shape index (κ2) is 7.33. The average Bonchev–Trinajstić information content (AvgIpc) is 2.37. The lowest BCUT2D eigenvalue weighted by Crippen LogP contribution is -2.31. The van der Waals surface area contributed by atoms with Crippen LogP contribution < -0.4 is 15.4 Å². The number of hydrogen-bond donors (Lipinski definition) is 2. The lowest BCUT2D eigenvalue weighted by molar-refractivity contribution is 0.243. The van der Waals surface area contributed by atoms with Gasteiger partial charge in [-0.3, -0.25) is 0 Å². The molecule has 0 aliphatic carbocycles. The summed E-state index contributed by atoms with van der Waals surface area (Å²) in [7, 11) is 1.62. The van der Waals surface area contributed by atoms with E-state index < -0.39 is 0 Å². The molecule has 1 rings (SSSR count). The molecule has 17 heavy (non-hydrogen) atoms. The second-order valence-corrected chi connectivity index (χ2v) is 3.49. The second-order valence-electron chi connectivity index (χ2n) is 3.49. The van der Waals surface area contributed by atoms with Crippen molar-refractivity contribution >= 4 is 6.03 Å². The van der Waals surface area contributed by atoms with Crippen LogP contribution >= 0.6 is 0 Å². The van der Waals surface area contributed by atoms with E-state index in [1.54, 1.807) is 13.3 Å². The normalized spacial score (nSPS) is 10.2. The van der Waals surface area contributed by atoms with E-state index in [0.29, 0.717) is 6.54 Å². The summed E-state index contributed by atoms with van der Waals surface area (Å²) in [6.07, 6.45) is 4.42. The van der Waals surface area contributed by atoms with Gasteiger partial charge in [-0.05, 0) is 24.1 Å². The first-order chi connectivity index (χ1) is 8.26. The number of amides is 2. The Bertz CT molecular complexity index is 389. The van der Waals surface area contributed by atoms with Crippen molar-refractivity contribution in [3.63, 3.8) is 0 Å². The van der Waals surface area contributed by atoms with Crippen LogP contribution in [0.4, 0.5) is 4.79 Å². The van der Waals surface area contributed by atoms with Crippen molar-refractivity contribution in [2.75, 3.05) is 7.11 Å². The van der Waals surface area contributed by atoms with Gasteiger partial charge in [0, 0.05) is 12.7 Å². The van der Waals surface area contributed by atoms with E-state index in [4.69, 9.17) is 4.74 Å². The van der Waals surface area contributed by atoms with Crippen LogP contribution in [0.2, 0.25) is 0 Å². The summed E-state index contributed by atoms with van der Waals surface area (Å²) < 4.78 is 5.10. The maximum atomic E-state index is 11.3. The van der Waals surface area contributed by atoms with Crippen LogP contribution in [0.15, 0.2) is 36.5 Å². The summed E-state index contributed by atoms with van der Waals surface area (Å²) in [5.74, 6) is 0.788. The number of allylic oxidation sites excluding steroid dienone is 1. The first kappa shape index (κ1) is 13.1. The Balaban J connectivity index is 2.39. The number of hydrogen-bond acceptors (Lipinski definition) is 2. The molecule has 0 heterocycles. The molecule has 4 nitrogen and oxygen atoms in total. The summed E-state index contributed by atoms with van der Waals surface area (Å²) >= 11 is 0. The molecular formula is C13H18N2O2. The maximum Gasteiger partial charge on any atom is 0.319 e. The largest absolute Gasteiger partial charge is 0.497 e. The molecule has 0 unspecified atom stereocenters. The number of methoxy groups -OCH3 is 1. The van der Waals surface area contributed by atoms with Gasteiger partial charge >= 0.3 is 6.03 Å². The summed E-state index contributed by atoms with van der Waals surface area (Å²) in [6.45, 7) is 2.48. The van der Waals surface area contributed by atoms with Crippen molar-refractivity contribution < 1.29 is 9.53 Å². The Kier molecular flexibility index (Phi) is 5.64. The van der Waals surface area contributed by atoms with E-state index in [-0.39, 0.29) is 6.03 Å². The fourth-order valence-corrected chi connectivity index (χ4v) is 1.27. The number of nitrogens with one attached hydrogen (secondary N) is 2. The van der Waals surface area contributed by atoms with Crippen LogP contribution in [0.25, 0.3) is 0 Å². The average molecular weight is 234 g/mol. The molecule has 0 saturated carbocycles. The van der Waals surface area contributed by atoms with Gasteiger partial charge in [-0.1, -0.05) is 25.1 Å². The van der Waals surface area contributed by atoms with Crippen LogP contribution in [0, 0.1) is 0 Å². The van der Waals surface area contributed by atoms with Crippen LogP contribution in [0.3, 0.4) is 0 Å². The minimum atomic E-state index is -0.211. The van der Waals surface area contributed by atoms with Crippen molar-refractivity contribution in [2.45, 2.75) is 19.9 Å². The van der Waals surface area contributed by atoms with Crippen LogP contribution in [0.5, 0.6) is 5.75 Å². The summed E-state index contributed by atoms with van der Waals surface area (Å²) in [6, 6.07) is 7.38. The standard InChI is InChI=1S/C13H18N2O2/c1-3-4-8-14-13(16)15-10-11-6-5-7-12(9-11)17-2/h4-9H,3,10H2,1-2H3,(H2,14,15,16)/b8-4+. The Hall–Kier alpha value is -1.97. The summed E-state index contributed by atoms with van der Waals surface area (Å²) in [4.78, 5) is 11.3. The van der Waals surface area contributed by atoms with Crippen LogP contribution in [-0.4, -0.2) is 13.1 Å². The number of urea groups is 1. The topological polar surface area (TPSA) is 50.4 Å². The quantitative estimate of drug-likeness (QED) is 0.822. The molecule has 0 spiro atoms. The molecule has 92 valence electrons. The van der Waals surface area contributed by atoms with E-state index in [9.17, 15) is 4.79 Å². The van der Waals surface area contributed by atoms with E-state index >= 15 is 0 Å². The molecule has 1 aromatic carbocycles. The van der Waals surface area contributed by atoms with Gasteiger partial charge in [0.1, 0.15) is 5.75 Å². The molecule has 2 amide bonds. The molecule has 1 aromatic rings. The van der Waals surface area contributed by atoms with Crippen LogP contribution in [-0.2, 0) is 6.54 Å². The molecule has 0 aliphatic rings. The van der Waals surface area contributed by atoms with Crippen molar-refractivity contribution in [1.29, 1.82) is 0 Å². The first-order valence-electron chi connectivity index (χ1n) is 5.58. The Morgan fingerprint density at radius 1 is 1.47 bits per heavy atom. The minimum absolute atomic E-state index is 0.211. The highest BCUT2D eigenvalue weighted by atomic mass is 16.5. The van der Waals surface area contributed by atoms with Gasteiger partial charge in [-0.25, -0.2) is 4.79 Å². The smallest absolute Gasteiger partial charge is 0.319 e. The Morgan fingerprint density at radius 3 is 3.00 bits per heavy atom. The minimum Gasteiger partial charge on any atom is -0.497 e. The predicted octanol–water partition coefficient (Wildman–Crippen LogP) is 2.42. The van der Waals surface area contributed by atoms with Gasteiger partial charge in [-0.2, -0.15) is 0 Å². The molecule has 0 saturated heterocycles. The molecule has 4 heteroatoms. The van der Waals surface area contributed by atoms with E-state index in [0.717, 1.165) is 17.7 Å². The number of benzene rings is 1. The molecule has 2 N–H and O–H groups in total. The number of rotatable bonds is 5. The third kappa shape index (κ3) is 5.06. The summed E-state index contributed by atoms with van der Waals surface area (Å²) in [5, 5.41) is 5.37. The van der Waals surface area contributed by atoms with E-state index in [1.807, 2.05) is 37.3 Å². The molecule has 0 fully saturated rings. The lowest BCUT2D eigenvalue weighted by atomic mass is 10.2. The Morgan fingerprint density at radius 2 is 2.29 bits per heavy atom. The number of carbonyl (C=O) groups is 1. The SMILES string of the molecule is CC/C=C/NC(=O)NCc1cccc(OC)c1. The predicted molar refractivity (Wildman–Crippen MR) is 67.8 cm³/mol. The fourth-order valence-electron chi connectivity index (χ4n) is 1.27. The van der Waals surface area contributed by atoms with Gasteiger partial charge in [-0.15, -0.1) is 0 Å². The maximum absolute atomic E-state index is 11.3. The lowest BCUT2D eigenvalue weighted by Gasteiger charge is -2.06. The van der Waals surface area contributed by atoms with Gasteiger partial charge < -0.3 is 15.4 Å². The van der Waals surface area contributed by atoms with Crippen LogP contribution in [0.1, 0.15) is 18.9 Å². The molecule has 0 aliphatic heterocycles. The van der Waals surface area contributed by atoms with Gasteiger partial charge in [0.05, 0.1) is 7.11 Å². The van der Waals surface area contributed by atoms with Gasteiger partial charge in [0.2, 0.25) is 0 Å². The Labute approximate surface area is 102 Å². The molecule has 0 aromatic heterocycles. The zero-order chi connectivity index (χ0) is 12.5. The molecule has 0 radical (unpaired) electrons. The van der Waals surface area contributed by atoms with Crippen molar-refractivity contribution in [3.05, 3.63) is 42.1 Å². The molecular weight excluding hydrogens is 216 g/mol. The molecule has 0 atom stereocenters.